The highest BCUT2D eigenvalue weighted by atomic mass is 19.4. The van der Waals surface area contributed by atoms with Gasteiger partial charge < -0.3 is 10.4 Å². The second-order valence-corrected chi connectivity index (χ2v) is 4.33. The van der Waals surface area contributed by atoms with Gasteiger partial charge in [-0.1, -0.05) is 6.07 Å². The third-order valence-corrected chi connectivity index (χ3v) is 3.02. The Balaban J connectivity index is 2.11. The molecule has 0 aromatic heterocycles. The normalized spacial score (nSPS) is 24.9. The summed E-state index contributed by atoms with van der Waals surface area (Å²) >= 11 is 0. The predicted molar refractivity (Wildman–Crippen MR) is 58.7 cm³/mol. The molecule has 0 amide bonds. The van der Waals surface area contributed by atoms with Gasteiger partial charge in [0.05, 0.1) is 17.7 Å². The Morgan fingerprint density at radius 3 is 2.59 bits per heavy atom. The van der Waals surface area contributed by atoms with Gasteiger partial charge >= 0.3 is 6.18 Å². The number of alkyl halides is 3. The standard InChI is InChI=1S/C12H14F3NO/c13-12(14,15)8-3-1-4-9(7-8)16-10-5-2-6-11(10)17/h1,3-4,7,10-11,16-17H,2,5-6H2/t10-,11-/m0/s1. The molecule has 0 saturated heterocycles. The molecule has 2 atom stereocenters. The summed E-state index contributed by atoms with van der Waals surface area (Å²) in [4.78, 5) is 0. The van der Waals surface area contributed by atoms with Crippen LogP contribution in [0.2, 0.25) is 0 Å². The summed E-state index contributed by atoms with van der Waals surface area (Å²) in [5.41, 5.74) is -0.263. The lowest BCUT2D eigenvalue weighted by molar-refractivity contribution is -0.137. The minimum atomic E-state index is -4.33. The van der Waals surface area contributed by atoms with Gasteiger partial charge in [0, 0.05) is 5.69 Å². The van der Waals surface area contributed by atoms with E-state index in [1.165, 1.54) is 6.07 Å². The second kappa shape index (κ2) is 4.56. The zero-order chi connectivity index (χ0) is 12.5. The fraction of sp³-hybridized carbons (Fsp3) is 0.500. The van der Waals surface area contributed by atoms with E-state index in [2.05, 4.69) is 5.32 Å². The number of nitrogens with one attached hydrogen (secondary N) is 1. The molecular formula is C12H14F3NO. The summed E-state index contributed by atoms with van der Waals surface area (Å²) in [6, 6.07) is 4.92. The molecule has 0 unspecified atom stereocenters. The first-order valence-corrected chi connectivity index (χ1v) is 5.59. The molecule has 1 fully saturated rings. The molecule has 1 aliphatic carbocycles. The highest BCUT2D eigenvalue weighted by Gasteiger charge is 2.31. The van der Waals surface area contributed by atoms with E-state index < -0.39 is 17.8 Å². The Hall–Kier alpha value is -1.23. The van der Waals surface area contributed by atoms with Crippen molar-refractivity contribution in [1.82, 2.24) is 0 Å². The summed E-state index contributed by atoms with van der Waals surface area (Å²) in [5, 5.41) is 12.5. The molecule has 1 aromatic rings. The minimum absolute atomic E-state index is 0.140. The van der Waals surface area contributed by atoms with Crippen molar-refractivity contribution in [3.8, 4) is 0 Å². The Bertz CT molecular complexity index is 392. The maximum Gasteiger partial charge on any atom is 0.416 e. The van der Waals surface area contributed by atoms with Crippen LogP contribution in [-0.2, 0) is 6.18 Å². The van der Waals surface area contributed by atoms with Gasteiger partial charge in [0.15, 0.2) is 0 Å². The summed E-state index contributed by atoms with van der Waals surface area (Å²) in [7, 11) is 0. The van der Waals surface area contributed by atoms with E-state index in [4.69, 9.17) is 0 Å². The maximum atomic E-state index is 12.5. The maximum absolute atomic E-state index is 12.5. The molecule has 0 bridgehead atoms. The lowest BCUT2D eigenvalue weighted by atomic mass is 10.1. The molecule has 0 heterocycles. The lowest BCUT2D eigenvalue weighted by Crippen LogP contribution is -2.27. The zero-order valence-electron chi connectivity index (χ0n) is 9.17. The summed E-state index contributed by atoms with van der Waals surface area (Å²) in [6.45, 7) is 0. The Labute approximate surface area is 97.5 Å². The number of aliphatic hydroxyl groups is 1. The van der Waals surface area contributed by atoms with Crippen molar-refractivity contribution in [3.05, 3.63) is 29.8 Å². The molecule has 2 nitrogen and oxygen atoms in total. The van der Waals surface area contributed by atoms with Gasteiger partial charge in [-0.25, -0.2) is 0 Å². The van der Waals surface area contributed by atoms with Crippen molar-refractivity contribution < 1.29 is 18.3 Å². The number of benzene rings is 1. The molecule has 0 spiro atoms. The largest absolute Gasteiger partial charge is 0.416 e. The van der Waals surface area contributed by atoms with Crippen LogP contribution in [-0.4, -0.2) is 17.3 Å². The van der Waals surface area contributed by atoms with E-state index in [-0.39, 0.29) is 6.04 Å². The van der Waals surface area contributed by atoms with Crippen molar-refractivity contribution in [1.29, 1.82) is 0 Å². The van der Waals surface area contributed by atoms with Crippen LogP contribution in [0.25, 0.3) is 0 Å². The second-order valence-electron chi connectivity index (χ2n) is 4.33. The molecule has 17 heavy (non-hydrogen) atoms. The highest BCUT2D eigenvalue weighted by molar-refractivity contribution is 5.47. The Morgan fingerprint density at radius 2 is 2.00 bits per heavy atom. The first kappa shape index (κ1) is 12.2. The number of hydrogen-bond acceptors (Lipinski definition) is 2. The van der Waals surface area contributed by atoms with Crippen LogP contribution in [0.4, 0.5) is 18.9 Å². The molecule has 1 aromatic carbocycles. The zero-order valence-corrected chi connectivity index (χ0v) is 9.17. The van der Waals surface area contributed by atoms with E-state index in [1.54, 1.807) is 6.07 Å². The van der Waals surface area contributed by atoms with Gasteiger partial charge in [-0.15, -0.1) is 0 Å². The molecule has 0 radical (unpaired) electrons. The lowest BCUT2D eigenvalue weighted by Gasteiger charge is -2.18. The van der Waals surface area contributed by atoms with Gasteiger partial charge in [-0.3, -0.25) is 0 Å². The fourth-order valence-corrected chi connectivity index (χ4v) is 2.11. The highest BCUT2D eigenvalue weighted by Crippen LogP contribution is 2.31. The summed E-state index contributed by atoms with van der Waals surface area (Å²) in [6.07, 6.45) is -2.40. The van der Waals surface area contributed by atoms with E-state index in [1.807, 2.05) is 0 Å². The van der Waals surface area contributed by atoms with Crippen molar-refractivity contribution in [2.75, 3.05) is 5.32 Å². The number of hydrogen-bond donors (Lipinski definition) is 2. The smallest absolute Gasteiger partial charge is 0.391 e. The topological polar surface area (TPSA) is 32.3 Å². The van der Waals surface area contributed by atoms with Crippen molar-refractivity contribution in [2.45, 2.75) is 37.6 Å². The Kier molecular flexibility index (Phi) is 3.28. The van der Waals surface area contributed by atoms with Crippen molar-refractivity contribution in [3.63, 3.8) is 0 Å². The van der Waals surface area contributed by atoms with Crippen LogP contribution < -0.4 is 5.32 Å². The van der Waals surface area contributed by atoms with Gasteiger partial charge in [0.1, 0.15) is 0 Å². The third-order valence-electron chi connectivity index (χ3n) is 3.02. The molecule has 94 valence electrons. The number of halogens is 3. The SMILES string of the molecule is O[C@H]1CCC[C@@H]1Nc1cccc(C(F)(F)F)c1. The van der Waals surface area contributed by atoms with Crippen molar-refractivity contribution >= 4 is 5.69 Å². The van der Waals surface area contributed by atoms with E-state index in [0.29, 0.717) is 12.1 Å². The van der Waals surface area contributed by atoms with Crippen molar-refractivity contribution in [2.24, 2.45) is 0 Å². The van der Waals surface area contributed by atoms with Crippen LogP contribution >= 0.6 is 0 Å². The third kappa shape index (κ3) is 2.91. The van der Waals surface area contributed by atoms with E-state index in [0.717, 1.165) is 25.0 Å². The number of anilines is 1. The van der Waals surface area contributed by atoms with Crippen LogP contribution in [0.15, 0.2) is 24.3 Å². The van der Waals surface area contributed by atoms with E-state index in [9.17, 15) is 18.3 Å². The van der Waals surface area contributed by atoms with Gasteiger partial charge in [-0.2, -0.15) is 13.2 Å². The molecule has 0 aliphatic heterocycles. The van der Waals surface area contributed by atoms with Crippen LogP contribution in [0.5, 0.6) is 0 Å². The van der Waals surface area contributed by atoms with Gasteiger partial charge in [0.25, 0.3) is 0 Å². The molecule has 1 saturated carbocycles. The van der Waals surface area contributed by atoms with Crippen LogP contribution in [0, 0.1) is 0 Å². The number of rotatable bonds is 2. The average molecular weight is 245 g/mol. The average Bonchev–Trinajstić information content (AvgIpc) is 2.64. The van der Waals surface area contributed by atoms with Crippen LogP contribution in [0.1, 0.15) is 24.8 Å². The number of aliphatic hydroxyl groups excluding tert-OH is 1. The van der Waals surface area contributed by atoms with Gasteiger partial charge in [-0.05, 0) is 37.5 Å². The monoisotopic (exact) mass is 245 g/mol. The first-order valence-electron chi connectivity index (χ1n) is 5.59. The molecular weight excluding hydrogens is 231 g/mol. The Morgan fingerprint density at radius 1 is 1.24 bits per heavy atom. The molecule has 2 rings (SSSR count). The molecule has 2 N–H and O–H groups in total. The van der Waals surface area contributed by atoms with E-state index >= 15 is 0 Å². The fourth-order valence-electron chi connectivity index (χ4n) is 2.11. The predicted octanol–water partition coefficient (Wildman–Crippen LogP) is 3.03. The summed E-state index contributed by atoms with van der Waals surface area (Å²) in [5.74, 6) is 0. The van der Waals surface area contributed by atoms with Crippen LogP contribution in [0.3, 0.4) is 0 Å². The quantitative estimate of drug-likeness (QED) is 0.839. The van der Waals surface area contributed by atoms with Gasteiger partial charge in [0.2, 0.25) is 0 Å². The molecule has 5 heteroatoms. The first-order chi connectivity index (χ1) is 7.97. The molecule has 1 aliphatic rings. The summed E-state index contributed by atoms with van der Waals surface area (Å²) < 4.78 is 37.4. The minimum Gasteiger partial charge on any atom is -0.391 e.